The van der Waals surface area contributed by atoms with Gasteiger partial charge in [-0.1, -0.05) is 44.0 Å². The summed E-state index contributed by atoms with van der Waals surface area (Å²) in [6, 6.07) is 3.84. The number of hydrogen-bond acceptors (Lipinski definition) is 1. The van der Waals surface area contributed by atoms with Crippen LogP contribution in [0.4, 0.5) is 13.2 Å². The summed E-state index contributed by atoms with van der Waals surface area (Å²) in [5.74, 6) is -0.276. The van der Waals surface area contributed by atoms with Crippen molar-refractivity contribution in [2.45, 2.75) is 17.9 Å². The van der Waals surface area contributed by atoms with Crippen molar-refractivity contribution in [2.75, 3.05) is 5.33 Å². The standard InChI is InChI=1S/C11H9Br2F3O/c12-5-7-1-2-10(11(14,15)16)8(3-7)4-9(17)6-13/h1-3H,4-6H2. The molecule has 0 aromatic heterocycles. The second kappa shape index (κ2) is 6.00. The van der Waals surface area contributed by atoms with Crippen LogP contribution in [0, 0.1) is 0 Å². The van der Waals surface area contributed by atoms with Gasteiger partial charge in [0.25, 0.3) is 0 Å². The van der Waals surface area contributed by atoms with Gasteiger partial charge in [-0.05, 0) is 17.2 Å². The molecule has 1 aromatic rings. The van der Waals surface area contributed by atoms with Crippen LogP contribution in [-0.4, -0.2) is 11.1 Å². The van der Waals surface area contributed by atoms with Gasteiger partial charge < -0.3 is 0 Å². The fourth-order valence-corrected chi connectivity index (χ4v) is 1.96. The molecule has 0 bridgehead atoms. The van der Waals surface area contributed by atoms with E-state index in [2.05, 4.69) is 31.9 Å². The third kappa shape index (κ3) is 4.10. The highest BCUT2D eigenvalue weighted by Gasteiger charge is 2.33. The van der Waals surface area contributed by atoms with Gasteiger partial charge in [-0.15, -0.1) is 0 Å². The number of alkyl halides is 5. The summed E-state index contributed by atoms with van der Waals surface area (Å²) >= 11 is 6.12. The fraction of sp³-hybridized carbons (Fsp3) is 0.364. The van der Waals surface area contributed by atoms with Crippen molar-refractivity contribution < 1.29 is 18.0 Å². The zero-order chi connectivity index (χ0) is 13.1. The topological polar surface area (TPSA) is 17.1 Å². The Morgan fingerprint density at radius 1 is 1.24 bits per heavy atom. The van der Waals surface area contributed by atoms with E-state index in [9.17, 15) is 18.0 Å². The minimum absolute atomic E-state index is 0.0268. The van der Waals surface area contributed by atoms with Crippen LogP contribution >= 0.6 is 31.9 Å². The lowest BCUT2D eigenvalue weighted by Crippen LogP contribution is -2.13. The van der Waals surface area contributed by atoms with Crippen LogP contribution < -0.4 is 0 Å². The Bertz CT molecular complexity index is 416. The molecular formula is C11H9Br2F3O. The maximum absolute atomic E-state index is 12.7. The van der Waals surface area contributed by atoms with Crippen molar-refractivity contribution >= 4 is 37.6 Å². The number of Topliss-reactive ketones (excluding diaryl/α,β-unsaturated/α-hetero) is 1. The molecule has 0 atom stereocenters. The smallest absolute Gasteiger partial charge is 0.298 e. The Labute approximate surface area is 114 Å². The molecule has 0 amide bonds. The Morgan fingerprint density at radius 2 is 1.88 bits per heavy atom. The van der Waals surface area contributed by atoms with E-state index in [1.54, 1.807) is 0 Å². The minimum Gasteiger partial charge on any atom is -0.298 e. The minimum atomic E-state index is -4.42. The summed E-state index contributed by atoms with van der Waals surface area (Å²) in [6.07, 6.45) is -4.63. The lowest BCUT2D eigenvalue weighted by atomic mass is 10.00. The molecule has 0 N–H and O–H groups in total. The van der Waals surface area contributed by atoms with Gasteiger partial charge in [0.15, 0.2) is 0 Å². The van der Waals surface area contributed by atoms with E-state index in [1.807, 2.05) is 0 Å². The molecule has 1 nitrogen and oxygen atoms in total. The molecule has 94 valence electrons. The van der Waals surface area contributed by atoms with Crippen LogP contribution in [0.1, 0.15) is 16.7 Å². The van der Waals surface area contributed by atoms with Crippen LogP contribution in [-0.2, 0) is 22.7 Å². The van der Waals surface area contributed by atoms with Gasteiger partial charge in [-0.25, -0.2) is 0 Å². The van der Waals surface area contributed by atoms with Crippen LogP contribution in [0.5, 0.6) is 0 Å². The van der Waals surface area contributed by atoms with Gasteiger partial charge >= 0.3 is 6.18 Å². The monoisotopic (exact) mass is 372 g/mol. The molecule has 1 aromatic carbocycles. The summed E-state index contributed by atoms with van der Waals surface area (Å²) in [5, 5.41) is 0.517. The van der Waals surface area contributed by atoms with E-state index in [1.165, 1.54) is 12.1 Å². The number of hydrogen-bond donors (Lipinski definition) is 0. The number of benzene rings is 1. The van der Waals surface area contributed by atoms with Gasteiger partial charge in [0.1, 0.15) is 5.78 Å². The van der Waals surface area contributed by atoms with Crippen molar-refractivity contribution in [1.82, 2.24) is 0 Å². The molecule has 0 aliphatic rings. The summed E-state index contributed by atoms with van der Waals surface area (Å²) in [4.78, 5) is 11.2. The lowest BCUT2D eigenvalue weighted by Gasteiger charge is -2.13. The maximum Gasteiger partial charge on any atom is 0.416 e. The molecule has 0 radical (unpaired) electrons. The highest BCUT2D eigenvalue weighted by Crippen LogP contribution is 2.33. The van der Waals surface area contributed by atoms with Crippen LogP contribution in [0.25, 0.3) is 0 Å². The molecule has 0 aliphatic heterocycles. The Hall–Kier alpha value is -0.360. The van der Waals surface area contributed by atoms with E-state index >= 15 is 0 Å². The maximum atomic E-state index is 12.7. The van der Waals surface area contributed by atoms with E-state index in [4.69, 9.17) is 0 Å². The first-order chi connectivity index (χ1) is 7.88. The van der Waals surface area contributed by atoms with Crippen LogP contribution in [0.3, 0.4) is 0 Å². The summed E-state index contributed by atoms with van der Waals surface area (Å²) in [7, 11) is 0. The van der Waals surface area contributed by atoms with Crippen LogP contribution in [0.2, 0.25) is 0 Å². The second-order valence-electron chi connectivity index (χ2n) is 3.47. The van der Waals surface area contributed by atoms with Gasteiger partial charge in [0.2, 0.25) is 0 Å². The SMILES string of the molecule is O=C(CBr)Cc1cc(CBr)ccc1C(F)(F)F. The second-order valence-corrected chi connectivity index (χ2v) is 4.59. The predicted molar refractivity (Wildman–Crippen MR) is 66.6 cm³/mol. The highest BCUT2D eigenvalue weighted by atomic mass is 79.9. The molecule has 6 heteroatoms. The van der Waals surface area contributed by atoms with E-state index in [0.717, 1.165) is 11.6 Å². The van der Waals surface area contributed by atoms with Crippen molar-refractivity contribution in [2.24, 2.45) is 0 Å². The predicted octanol–water partition coefficient (Wildman–Crippen LogP) is 4.11. The molecule has 0 heterocycles. The molecule has 0 spiro atoms. The average Bonchev–Trinajstić information content (AvgIpc) is 2.27. The molecule has 0 saturated carbocycles. The van der Waals surface area contributed by atoms with E-state index in [-0.39, 0.29) is 23.1 Å². The number of carbonyl (C=O) groups excluding carboxylic acids is 1. The molecule has 0 aliphatic carbocycles. The number of halogens is 5. The summed E-state index contributed by atoms with van der Waals surface area (Å²) in [5.41, 5.74) is 0.00534. The van der Waals surface area contributed by atoms with Gasteiger partial charge in [-0.2, -0.15) is 13.2 Å². The van der Waals surface area contributed by atoms with Crippen molar-refractivity contribution in [3.8, 4) is 0 Å². The zero-order valence-electron chi connectivity index (χ0n) is 8.65. The first-order valence-corrected chi connectivity index (χ1v) is 6.95. The van der Waals surface area contributed by atoms with Gasteiger partial charge in [-0.3, -0.25) is 4.79 Å². The molecule has 0 unspecified atom stereocenters. The molecular weight excluding hydrogens is 365 g/mol. The largest absolute Gasteiger partial charge is 0.416 e. The van der Waals surface area contributed by atoms with Gasteiger partial charge in [0, 0.05) is 11.8 Å². The fourth-order valence-electron chi connectivity index (χ4n) is 1.41. The number of carbonyl (C=O) groups is 1. The molecule has 17 heavy (non-hydrogen) atoms. The molecule has 0 saturated heterocycles. The first-order valence-electron chi connectivity index (χ1n) is 4.71. The van der Waals surface area contributed by atoms with E-state index in [0.29, 0.717) is 5.33 Å². The highest BCUT2D eigenvalue weighted by molar-refractivity contribution is 9.09. The van der Waals surface area contributed by atoms with Crippen molar-refractivity contribution in [3.63, 3.8) is 0 Å². The number of rotatable bonds is 4. The zero-order valence-corrected chi connectivity index (χ0v) is 11.8. The normalized spacial score (nSPS) is 11.6. The molecule has 1 rings (SSSR count). The Kier molecular flexibility index (Phi) is 5.19. The Morgan fingerprint density at radius 3 is 2.35 bits per heavy atom. The first kappa shape index (κ1) is 14.7. The van der Waals surface area contributed by atoms with Crippen molar-refractivity contribution in [3.05, 3.63) is 34.9 Å². The summed E-state index contributed by atoms with van der Waals surface area (Å²) < 4.78 is 38.1. The van der Waals surface area contributed by atoms with Crippen molar-refractivity contribution in [1.29, 1.82) is 0 Å². The molecule has 0 fully saturated rings. The van der Waals surface area contributed by atoms with Crippen LogP contribution in [0.15, 0.2) is 18.2 Å². The number of ketones is 1. The Balaban J connectivity index is 3.16. The average molecular weight is 374 g/mol. The van der Waals surface area contributed by atoms with E-state index < -0.39 is 11.7 Å². The lowest BCUT2D eigenvalue weighted by molar-refractivity contribution is -0.138. The quantitative estimate of drug-likeness (QED) is 0.726. The third-order valence-corrected chi connectivity index (χ3v) is 3.44. The third-order valence-electron chi connectivity index (χ3n) is 2.17. The summed E-state index contributed by atoms with van der Waals surface area (Å²) in [6.45, 7) is 0. The van der Waals surface area contributed by atoms with Gasteiger partial charge in [0.05, 0.1) is 10.9 Å².